The summed E-state index contributed by atoms with van der Waals surface area (Å²) in [5.74, 6) is -0.470. The Morgan fingerprint density at radius 1 is 1.33 bits per heavy atom. The number of pyridine rings is 1. The van der Waals surface area contributed by atoms with Crippen LogP contribution in [0.3, 0.4) is 0 Å². The maximum absolute atomic E-state index is 10.6. The minimum atomic E-state index is -1.04. The number of hydrogen-bond donors (Lipinski definition) is 2. The van der Waals surface area contributed by atoms with Gasteiger partial charge in [-0.2, -0.15) is 10.4 Å². The quantitative estimate of drug-likeness (QED) is 0.712. The molecule has 2 heterocycles. The van der Waals surface area contributed by atoms with Gasteiger partial charge in [-0.1, -0.05) is 0 Å². The average molecular weight is 363 g/mol. The van der Waals surface area contributed by atoms with E-state index in [0.29, 0.717) is 22.6 Å². The van der Waals surface area contributed by atoms with Gasteiger partial charge in [0.2, 0.25) is 0 Å². The monoisotopic (exact) mass is 363 g/mol. The Morgan fingerprint density at radius 3 is 2.59 bits per heavy atom. The predicted octanol–water partition coefficient (Wildman–Crippen LogP) is 2.37. The van der Waals surface area contributed by atoms with E-state index in [1.165, 1.54) is 0 Å². The second kappa shape index (κ2) is 7.17. The van der Waals surface area contributed by atoms with Crippen molar-refractivity contribution < 1.29 is 14.6 Å². The number of nitrogen functional groups attached to an aromatic ring is 1. The number of aryl methyl sites for hydroxylation is 1. The number of aliphatic carboxylic acids is 1. The molecule has 0 unspecified atom stereocenters. The summed E-state index contributed by atoms with van der Waals surface area (Å²) in [5, 5.41) is 22.4. The first-order chi connectivity index (χ1) is 12.9. The van der Waals surface area contributed by atoms with Gasteiger partial charge in [0.05, 0.1) is 11.9 Å². The minimum Gasteiger partial charge on any atom is -0.482 e. The Morgan fingerprint density at radius 2 is 2.04 bits per heavy atom. The number of rotatable bonds is 5. The molecule has 0 spiro atoms. The van der Waals surface area contributed by atoms with Gasteiger partial charge in [-0.15, -0.1) is 0 Å². The highest BCUT2D eigenvalue weighted by molar-refractivity contribution is 5.81. The van der Waals surface area contributed by atoms with Gasteiger partial charge in [-0.05, 0) is 37.3 Å². The predicted molar refractivity (Wildman–Crippen MR) is 98.9 cm³/mol. The third-order valence-corrected chi connectivity index (χ3v) is 4.20. The maximum atomic E-state index is 10.6. The molecule has 0 bridgehead atoms. The highest BCUT2D eigenvalue weighted by Gasteiger charge is 2.17. The highest BCUT2D eigenvalue weighted by Crippen LogP contribution is 2.33. The smallest absolute Gasteiger partial charge is 0.341 e. The fourth-order valence-corrected chi connectivity index (χ4v) is 2.67. The molecule has 0 fully saturated rings. The Hall–Kier alpha value is -3.86. The number of nitrogens with two attached hydrogens (primary N) is 1. The van der Waals surface area contributed by atoms with E-state index in [-0.39, 0.29) is 5.82 Å². The lowest BCUT2D eigenvalue weighted by Crippen LogP contribution is -2.09. The number of aromatic nitrogens is 3. The van der Waals surface area contributed by atoms with Crippen molar-refractivity contribution in [2.45, 2.75) is 6.92 Å². The van der Waals surface area contributed by atoms with Crippen LogP contribution in [0.4, 0.5) is 5.82 Å². The van der Waals surface area contributed by atoms with Crippen molar-refractivity contribution in [3.05, 3.63) is 47.8 Å². The number of anilines is 1. The van der Waals surface area contributed by atoms with Crippen molar-refractivity contribution >= 4 is 11.8 Å². The van der Waals surface area contributed by atoms with Gasteiger partial charge in [0.25, 0.3) is 0 Å². The molecule has 2 aromatic heterocycles. The van der Waals surface area contributed by atoms with E-state index < -0.39 is 12.6 Å². The van der Waals surface area contributed by atoms with Crippen LogP contribution in [0.1, 0.15) is 11.3 Å². The molecule has 8 nitrogen and oxygen atoms in total. The normalized spacial score (nSPS) is 10.4. The second-order valence-electron chi connectivity index (χ2n) is 5.90. The van der Waals surface area contributed by atoms with Crippen molar-refractivity contribution in [3.8, 4) is 34.2 Å². The molecule has 0 amide bonds. The van der Waals surface area contributed by atoms with E-state index in [0.717, 1.165) is 16.8 Å². The summed E-state index contributed by atoms with van der Waals surface area (Å²) >= 11 is 0. The number of benzene rings is 1. The standard InChI is InChI=1S/C19H17N5O3/c1-11-16(9-22-24(11)2)14-7-17(23-19(21)15(14)8-20)12-3-5-13(6-4-12)27-10-18(25)26/h3-7,9H,10H2,1-2H3,(H2,21,23)(H,25,26). The Kier molecular flexibility index (Phi) is 4.77. The van der Waals surface area contributed by atoms with Crippen LogP contribution in [0.25, 0.3) is 22.4 Å². The summed E-state index contributed by atoms with van der Waals surface area (Å²) < 4.78 is 6.85. The summed E-state index contributed by atoms with van der Waals surface area (Å²) in [6.07, 6.45) is 1.69. The van der Waals surface area contributed by atoms with Crippen molar-refractivity contribution in [2.24, 2.45) is 7.05 Å². The maximum Gasteiger partial charge on any atom is 0.341 e. The fraction of sp³-hybridized carbons (Fsp3) is 0.158. The van der Waals surface area contributed by atoms with Crippen LogP contribution in [0, 0.1) is 18.3 Å². The third-order valence-electron chi connectivity index (χ3n) is 4.20. The molecule has 0 atom stereocenters. The number of carboxylic acid groups (broad SMARTS) is 1. The first-order valence-electron chi connectivity index (χ1n) is 8.05. The van der Waals surface area contributed by atoms with Gasteiger partial charge in [0, 0.05) is 29.4 Å². The first kappa shape index (κ1) is 17.9. The number of carbonyl (C=O) groups is 1. The number of nitrogens with zero attached hydrogens (tertiary/aromatic N) is 4. The van der Waals surface area contributed by atoms with Gasteiger partial charge < -0.3 is 15.6 Å². The van der Waals surface area contributed by atoms with E-state index in [1.807, 2.05) is 14.0 Å². The molecule has 3 rings (SSSR count). The van der Waals surface area contributed by atoms with E-state index in [2.05, 4.69) is 16.2 Å². The van der Waals surface area contributed by atoms with E-state index in [9.17, 15) is 10.1 Å². The average Bonchev–Trinajstić information content (AvgIpc) is 2.98. The van der Waals surface area contributed by atoms with Crippen LogP contribution in [-0.2, 0) is 11.8 Å². The van der Waals surface area contributed by atoms with E-state index >= 15 is 0 Å². The van der Waals surface area contributed by atoms with Gasteiger partial charge in [-0.25, -0.2) is 9.78 Å². The fourth-order valence-electron chi connectivity index (χ4n) is 2.67. The van der Waals surface area contributed by atoms with Crippen molar-refractivity contribution in [1.29, 1.82) is 5.26 Å². The number of carboxylic acids is 1. The zero-order chi connectivity index (χ0) is 19.6. The van der Waals surface area contributed by atoms with Crippen LogP contribution in [-0.4, -0.2) is 32.4 Å². The lowest BCUT2D eigenvalue weighted by atomic mass is 9.99. The topological polar surface area (TPSA) is 127 Å². The van der Waals surface area contributed by atoms with Gasteiger partial charge in [0.1, 0.15) is 23.2 Å². The van der Waals surface area contributed by atoms with Crippen LogP contribution in [0.15, 0.2) is 36.5 Å². The Labute approximate surface area is 155 Å². The molecule has 0 saturated carbocycles. The molecule has 3 N–H and O–H groups in total. The molecule has 27 heavy (non-hydrogen) atoms. The molecule has 0 radical (unpaired) electrons. The molecule has 3 aromatic rings. The molecule has 8 heteroatoms. The largest absolute Gasteiger partial charge is 0.482 e. The molecule has 136 valence electrons. The van der Waals surface area contributed by atoms with Crippen LogP contribution in [0.5, 0.6) is 5.75 Å². The molecule has 0 saturated heterocycles. The van der Waals surface area contributed by atoms with Gasteiger partial charge in [-0.3, -0.25) is 4.68 Å². The molecular formula is C19H17N5O3. The van der Waals surface area contributed by atoms with E-state index in [4.69, 9.17) is 15.6 Å². The zero-order valence-corrected chi connectivity index (χ0v) is 14.8. The van der Waals surface area contributed by atoms with Crippen LogP contribution < -0.4 is 10.5 Å². The summed E-state index contributed by atoms with van der Waals surface area (Å²) in [6, 6.07) is 10.7. The molecule has 0 aliphatic rings. The van der Waals surface area contributed by atoms with Crippen molar-refractivity contribution in [2.75, 3.05) is 12.3 Å². The summed E-state index contributed by atoms with van der Waals surface area (Å²) in [4.78, 5) is 14.9. The summed E-state index contributed by atoms with van der Waals surface area (Å²) in [5.41, 5.74) is 10.1. The first-order valence-corrected chi connectivity index (χ1v) is 8.05. The zero-order valence-electron chi connectivity index (χ0n) is 14.8. The molecular weight excluding hydrogens is 346 g/mol. The van der Waals surface area contributed by atoms with Crippen molar-refractivity contribution in [3.63, 3.8) is 0 Å². The Balaban J connectivity index is 2.03. The number of hydrogen-bond acceptors (Lipinski definition) is 6. The van der Waals surface area contributed by atoms with Crippen LogP contribution in [0.2, 0.25) is 0 Å². The SMILES string of the molecule is Cc1c(-c2cc(-c3ccc(OCC(=O)O)cc3)nc(N)c2C#N)cnn1C. The van der Waals surface area contributed by atoms with Gasteiger partial charge in [0.15, 0.2) is 6.61 Å². The second-order valence-corrected chi connectivity index (χ2v) is 5.90. The summed E-state index contributed by atoms with van der Waals surface area (Å²) in [6.45, 7) is 1.50. The third kappa shape index (κ3) is 3.57. The Bertz CT molecular complexity index is 1050. The van der Waals surface area contributed by atoms with E-state index in [1.54, 1.807) is 41.2 Å². The number of nitriles is 1. The lowest BCUT2D eigenvalue weighted by molar-refractivity contribution is -0.139. The minimum absolute atomic E-state index is 0.138. The summed E-state index contributed by atoms with van der Waals surface area (Å²) in [7, 11) is 1.83. The highest BCUT2D eigenvalue weighted by atomic mass is 16.5. The van der Waals surface area contributed by atoms with Crippen LogP contribution >= 0.6 is 0 Å². The molecule has 1 aromatic carbocycles. The van der Waals surface area contributed by atoms with Gasteiger partial charge >= 0.3 is 5.97 Å². The number of ether oxygens (including phenoxy) is 1. The lowest BCUT2D eigenvalue weighted by Gasteiger charge is -2.10. The molecule has 0 aliphatic heterocycles. The molecule has 0 aliphatic carbocycles. The van der Waals surface area contributed by atoms with Crippen molar-refractivity contribution in [1.82, 2.24) is 14.8 Å².